The van der Waals surface area contributed by atoms with Crippen molar-refractivity contribution < 1.29 is 23.9 Å². The first kappa shape index (κ1) is 20.1. The van der Waals surface area contributed by atoms with E-state index in [0.29, 0.717) is 28.1 Å². The van der Waals surface area contributed by atoms with Crippen LogP contribution in [0.15, 0.2) is 24.3 Å². The Morgan fingerprint density at radius 1 is 1.00 bits per heavy atom. The zero-order chi connectivity index (χ0) is 20.3. The number of aryl methyl sites for hydroxylation is 1. The molecule has 2 aromatic rings. The molecule has 0 aliphatic carbocycles. The van der Waals surface area contributed by atoms with Gasteiger partial charge >= 0.3 is 5.97 Å². The molecular formula is C20H22N2O5. The van der Waals surface area contributed by atoms with Crippen molar-refractivity contribution >= 4 is 29.1 Å². The van der Waals surface area contributed by atoms with Gasteiger partial charge < -0.3 is 15.0 Å². The molecule has 0 bridgehead atoms. The molecule has 1 atom stereocenters. The summed E-state index contributed by atoms with van der Waals surface area (Å²) in [6, 6.07) is 6.40. The Morgan fingerprint density at radius 3 is 2.07 bits per heavy atom. The third-order valence-corrected chi connectivity index (χ3v) is 4.21. The van der Waals surface area contributed by atoms with Gasteiger partial charge in [0.2, 0.25) is 0 Å². The van der Waals surface area contributed by atoms with Crippen LogP contribution in [-0.4, -0.2) is 34.5 Å². The Hall–Kier alpha value is -3.22. The number of ether oxygens (including phenoxy) is 1. The van der Waals surface area contributed by atoms with Crippen molar-refractivity contribution in [2.24, 2.45) is 0 Å². The fourth-order valence-corrected chi connectivity index (χ4v) is 2.79. The molecule has 27 heavy (non-hydrogen) atoms. The molecule has 0 radical (unpaired) electrons. The van der Waals surface area contributed by atoms with Gasteiger partial charge in [0.1, 0.15) is 5.69 Å². The maximum atomic E-state index is 12.4. The summed E-state index contributed by atoms with van der Waals surface area (Å²) in [4.78, 5) is 50.4. The van der Waals surface area contributed by atoms with E-state index in [1.165, 1.54) is 20.8 Å². The molecule has 0 fully saturated rings. The number of hydrogen-bond donors (Lipinski definition) is 2. The molecule has 0 saturated carbocycles. The van der Waals surface area contributed by atoms with E-state index in [4.69, 9.17) is 4.74 Å². The Kier molecular flexibility index (Phi) is 5.95. The summed E-state index contributed by atoms with van der Waals surface area (Å²) >= 11 is 0. The normalized spacial score (nSPS) is 11.6. The van der Waals surface area contributed by atoms with Gasteiger partial charge in [-0.2, -0.15) is 0 Å². The van der Waals surface area contributed by atoms with Gasteiger partial charge in [-0.1, -0.05) is 0 Å². The molecule has 1 heterocycles. The van der Waals surface area contributed by atoms with Crippen LogP contribution in [0.25, 0.3) is 0 Å². The lowest BCUT2D eigenvalue weighted by molar-refractivity contribution is -0.123. The summed E-state index contributed by atoms with van der Waals surface area (Å²) in [6.07, 6.45) is -1.05. The van der Waals surface area contributed by atoms with E-state index < -0.39 is 18.0 Å². The standard InChI is InChI=1S/C20H22N2O5/c1-10-17(13(4)24)11(2)21-18(10)20(26)27-14(5)19(25)22-16-8-6-15(7-9-16)12(3)23/h6-9,14,21H,1-5H3,(H,22,25). The lowest BCUT2D eigenvalue weighted by Crippen LogP contribution is -2.30. The third-order valence-electron chi connectivity index (χ3n) is 4.21. The van der Waals surface area contributed by atoms with E-state index in [1.54, 1.807) is 38.1 Å². The second kappa shape index (κ2) is 7.99. The van der Waals surface area contributed by atoms with Crippen LogP contribution in [0.2, 0.25) is 0 Å². The Bertz CT molecular complexity index is 909. The summed E-state index contributed by atoms with van der Waals surface area (Å²) in [7, 11) is 0. The predicted octanol–water partition coefficient (Wildman–Crippen LogP) is 3.22. The van der Waals surface area contributed by atoms with Gasteiger partial charge in [-0.15, -0.1) is 0 Å². The second-order valence-corrected chi connectivity index (χ2v) is 6.35. The molecule has 7 nitrogen and oxygen atoms in total. The monoisotopic (exact) mass is 370 g/mol. The van der Waals surface area contributed by atoms with Gasteiger partial charge in [0.05, 0.1) is 0 Å². The molecule has 7 heteroatoms. The molecule has 1 amide bonds. The minimum absolute atomic E-state index is 0.0725. The maximum Gasteiger partial charge on any atom is 0.355 e. The quantitative estimate of drug-likeness (QED) is 0.600. The lowest BCUT2D eigenvalue weighted by atomic mass is 10.1. The summed E-state index contributed by atoms with van der Waals surface area (Å²) in [6.45, 7) is 7.68. The molecule has 0 spiro atoms. The van der Waals surface area contributed by atoms with Crippen molar-refractivity contribution in [3.05, 3.63) is 52.3 Å². The van der Waals surface area contributed by atoms with Crippen LogP contribution in [0.3, 0.4) is 0 Å². The molecule has 142 valence electrons. The molecule has 2 N–H and O–H groups in total. The van der Waals surface area contributed by atoms with E-state index in [2.05, 4.69) is 10.3 Å². The first-order chi connectivity index (χ1) is 12.6. The number of amides is 1. The highest BCUT2D eigenvalue weighted by Crippen LogP contribution is 2.20. The number of benzene rings is 1. The van der Waals surface area contributed by atoms with E-state index >= 15 is 0 Å². The number of aromatic nitrogens is 1. The van der Waals surface area contributed by atoms with Crippen molar-refractivity contribution in [1.82, 2.24) is 4.98 Å². The molecular weight excluding hydrogens is 348 g/mol. The fraction of sp³-hybridized carbons (Fsp3) is 0.300. The first-order valence-electron chi connectivity index (χ1n) is 8.44. The van der Waals surface area contributed by atoms with Gasteiger partial charge in [0.15, 0.2) is 17.7 Å². The highest BCUT2D eigenvalue weighted by molar-refractivity contribution is 6.02. The smallest absolute Gasteiger partial charge is 0.355 e. The zero-order valence-corrected chi connectivity index (χ0v) is 15.9. The average molecular weight is 370 g/mol. The van der Waals surface area contributed by atoms with E-state index in [9.17, 15) is 19.2 Å². The van der Waals surface area contributed by atoms with Crippen molar-refractivity contribution in [2.75, 3.05) is 5.32 Å². The number of esters is 1. The highest BCUT2D eigenvalue weighted by Gasteiger charge is 2.24. The van der Waals surface area contributed by atoms with Crippen LogP contribution in [0, 0.1) is 13.8 Å². The molecule has 1 aromatic carbocycles. The predicted molar refractivity (Wildman–Crippen MR) is 100 cm³/mol. The minimum atomic E-state index is -1.05. The Balaban J connectivity index is 2.05. The van der Waals surface area contributed by atoms with Crippen molar-refractivity contribution in [3.8, 4) is 0 Å². The summed E-state index contributed by atoms with van der Waals surface area (Å²) < 4.78 is 5.21. The van der Waals surface area contributed by atoms with Gasteiger partial charge in [0.25, 0.3) is 5.91 Å². The van der Waals surface area contributed by atoms with Gasteiger partial charge in [-0.25, -0.2) is 4.79 Å². The summed E-state index contributed by atoms with van der Waals surface area (Å²) in [5.41, 5.74) is 2.70. The van der Waals surface area contributed by atoms with Crippen LogP contribution in [0.5, 0.6) is 0 Å². The number of H-pyrrole nitrogens is 1. The second-order valence-electron chi connectivity index (χ2n) is 6.35. The number of hydrogen-bond acceptors (Lipinski definition) is 5. The molecule has 1 aromatic heterocycles. The van der Waals surface area contributed by atoms with Crippen LogP contribution < -0.4 is 5.32 Å². The van der Waals surface area contributed by atoms with E-state index in [0.717, 1.165) is 0 Å². The van der Waals surface area contributed by atoms with E-state index in [1.807, 2.05) is 0 Å². The summed E-state index contributed by atoms with van der Waals surface area (Å²) in [5, 5.41) is 2.62. The first-order valence-corrected chi connectivity index (χ1v) is 8.44. The lowest BCUT2D eigenvalue weighted by Gasteiger charge is -2.13. The molecule has 1 unspecified atom stereocenters. The van der Waals surface area contributed by atoms with Crippen molar-refractivity contribution in [1.29, 1.82) is 0 Å². The topological polar surface area (TPSA) is 105 Å². The Labute approximate surface area is 157 Å². The number of carbonyl (C=O) groups excluding carboxylic acids is 4. The van der Waals surface area contributed by atoms with Crippen LogP contribution >= 0.6 is 0 Å². The minimum Gasteiger partial charge on any atom is -0.448 e. The Morgan fingerprint density at radius 2 is 1.59 bits per heavy atom. The molecule has 0 saturated heterocycles. The van der Waals surface area contributed by atoms with Crippen LogP contribution in [0.1, 0.15) is 63.2 Å². The van der Waals surface area contributed by atoms with Gasteiger partial charge in [0, 0.05) is 22.5 Å². The number of anilines is 1. The van der Waals surface area contributed by atoms with Gasteiger partial charge in [-0.05, 0) is 64.4 Å². The van der Waals surface area contributed by atoms with Crippen molar-refractivity contribution in [3.63, 3.8) is 0 Å². The van der Waals surface area contributed by atoms with Gasteiger partial charge in [-0.3, -0.25) is 14.4 Å². The van der Waals surface area contributed by atoms with E-state index in [-0.39, 0.29) is 17.3 Å². The summed E-state index contributed by atoms with van der Waals surface area (Å²) in [5.74, 6) is -1.44. The third kappa shape index (κ3) is 4.49. The van der Waals surface area contributed by atoms with Crippen molar-refractivity contribution in [2.45, 2.75) is 40.7 Å². The van der Waals surface area contributed by atoms with Crippen LogP contribution in [-0.2, 0) is 9.53 Å². The molecule has 0 aliphatic heterocycles. The maximum absolute atomic E-state index is 12.4. The largest absolute Gasteiger partial charge is 0.448 e. The highest BCUT2D eigenvalue weighted by atomic mass is 16.5. The fourth-order valence-electron chi connectivity index (χ4n) is 2.79. The SMILES string of the molecule is CC(=O)c1ccc(NC(=O)C(C)OC(=O)c2[nH]c(C)c(C(C)=O)c2C)cc1. The number of carbonyl (C=O) groups is 4. The number of nitrogens with one attached hydrogen (secondary N) is 2. The molecule has 2 rings (SSSR count). The number of aromatic amines is 1. The van der Waals surface area contributed by atoms with Crippen LogP contribution in [0.4, 0.5) is 5.69 Å². The molecule has 0 aliphatic rings. The number of Topliss-reactive ketones (excluding diaryl/α,β-unsaturated/α-hetero) is 2. The zero-order valence-electron chi connectivity index (χ0n) is 15.9. The number of ketones is 2. The average Bonchev–Trinajstić information content (AvgIpc) is 2.89. The number of rotatable bonds is 6.